The van der Waals surface area contributed by atoms with Gasteiger partial charge in [0.15, 0.2) is 0 Å². The molecule has 0 aromatic rings. The lowest BCUT2D eigenvalue weighted by Gasteiger charge is -2.28. The van der Waals surface area contributed by atoms with Crippen LogP contribution in [0, 0.1) is 5.92 Å². The van der Waals surface area contributed by atoms with Crippen molar-refractivity contribution in [2.45, 2.75) is 18.9 Å². The number of allylic oxidation sites excluding steroid dienone is 2. The Balaban J connectivity index is 1.94. The second-order valence-electron chi connectivity index (χ2n) is 5.07. The molecule has 0 radical (unpaired) electrons. The van der Waals surface area contributed by atoms with Gasteiger partial charge in [-0.15, -0.1) is 4.59 Å². The van der Waals surface area contributed by atoms with Gasteiger partial charge in [0.1, 0.15) is 17.9 Å². The largest absolute Gasteiger partial charge is 0.480 e. The number of carboxylic acids is 1. The average Bonchev–Trinajstić information content (AvgIpc) is 2.71. The van der Waals surface area contributed by atoms with Gasteiger partial charge < -0.3 is 10.4 Å². The summed E-state index contributed by atoms with van der Waals surface area (Å²) in [6, 6.07) is -0.535. The van der Waals surface area contributed by atoms with Crippen LogP contribution < -0.4 is 11.2 Å². The molecule has 0 amide bonds. The molecular formula is C12H15BrN5O2+. The predicted octanol–water partition coefficient (Wildman–Crippen LogP) is 0.661. The van der Waals surface area contributed by atoms with E-state index in [0.29, 0.717) is 17.7 Å². The highest BCUT2D eigenvalue weighted by atomic mass is 79.9. The predicted molar refractivity (Wildman–Crippen MR) is 77.6 cm³/mol. The molecule has 4 N–H and O–H groups in total. The summed E-state index contributed by atoms with van der Waals surface area (Å²) in [6.07, 6.45) is 6.42. The summed E-state index contributed by atoms with van der Waals surface area (Å²) in [5.74, 6) is 5.54. The second-order valence-corrected chi connectivity index (χ2v) is 5.78. The highest BCUT2D eigenvalue weighted by Gasteiger charge is 2.45. The Morgan fingerprint density at radius 3 is 3.15 bits per heavy atom. The molecule has 8 heteroatoms. The monoisotopic (exact) mass is 340 g/mol. The van der Waals surface area contributed by atoms with E-state index in [-0.39, 0.29) is 10.5 Å². The standard InChI is InChI=1S/C12H14BrN5O2/c13-12-17-10(9-6-15-3-4-18(9,12)14)7-1-2-16-8(5-7)11(19)20/h3-4,6-8,16H,1-2,5,14H2/p+1/t7-,8-,18?/m1/s1. The molecular weight excluding hydrogens is 326 g/mol. The van der Waals surface area contributed by atoms with Gasteiger partial charge in [0.25, 0.3) is 0 Å². The number of quaternary nitrogens is 1. The van der Waals surface area contributed by atoms with Gasteiger partial charge in [-0.1, -0.05) is 0 Å². The van der Waals surface area contributed by atoms with Crippen molar-refractivity contribution >= 4 is 32.9 Å². The van der Waals surface area contributed by atoms with Crippen LogP contribution in [0.2, 0.25) is 0 Å². The highest BCUT2D eigenvalue weighted by Crippen LogP contribution is 2.37. The first-order valence-corrected chi connectivity index (χ1v) is 7.15. The van der Waals surface area contributed by atoms with Crippen LogP contribution in [0.5, 0.6) is 0 Å². The van der Waals surface area contributed by atoms with Crippen LogP contribution in [0.15, 0.2) is 33.8 Å². The summed E-state index contributed by atoms with van der Waals surface area (Å²) < 4.78 is 0.566. The van der Waals surface area contributed by atoms with Gasteiger partial charge in [0.2, 0.25) is 5.70 Å². The molecule has 0 saturated carbocycles. The molecule has 0 bridgehead atoms. The summed E-state index contributed by atoms with van der Waals surface area (Å²) >= 11 is 3.40. The molecule has 3 heterocycles. The molecule has 3 aliphatic heterocycles. The van der Waals surface area contributed by atoms with Gasteiger partial charge in [-0.3, -0.25) is 9.79 Å². The van der Waals surface area contributed by atoms with E-state index in [0.717, 1.165) is 17.8 Å². The fraction of sp³-hybridized carbons (Fsp3) is 0.417. The molecule has 0 aromatic carbocycles. The zero-order valence-electron chi connectivity index (χ0n) is 10.7. The molecule has 3 atom stereocenters. The minimum atomic E-state index is -0.827. The minimum absolute atomic E-state index is 0.0273. The van der Waals surface area contributed by atoms with Gasteiger partial charge >= 0.3 is 10.7 Å². The third kappa shape index (κ3) is 2.05. The quantitative estimate of drug-likeness (QED) is 0.390. The summed E-state index contributed by atoms with van der Waals surface area (Å²) in [4.78, 5) is 19.8. The molecule has 106 valence electrons. The Labute approximate surface area is 124 Å². The number of fused-ring (bicyclic) bond motifs is 1. The van der Waals surface area contributed by atoms with E-state index < -0.39 is 12.0 Å². The number of hydrogen-bond acceptors (Lipinski definition) is 5. The molecule has 3 aliphatic rings. The Kier molecular flexibility index (Phi) is 3.33. The van der Waals surface area contributed by atoms with E-state index in [9.17, 15) is 4.79 Å². The first-order chi connectivity index (χ1) is 9.52. The topological polar surface area (TPSA) is 100 Å². The normalized spacial score (nSPS) is 36.0. The highest BCUT2D eigenvalue weighted by molar-refractivity contribution is 9.18. The number of nitrogens with zero attached hydrogens (tertiary/aromatic N) is 3. The third-order valence-electron chi connectivity index (χ3n) is 3.85. The number of hydrogen-bond donors (Lipinski definition) is 3. The molecule has 1 fully saturated rings. The Morgan fingerprint density at radius 2 is 2.40 bits per heavy atom. The van der Waals surface area contributed by atoms with E-state index >= 15 is 0 Å². The number of piperidine rings is 1. The van der Waals surface area contributed by atoms with E-state index in [1.807, 2.05) is 0 Å². The molecule has 0 aliphatic carbocycles. The lowest BCUT2D eigenvalue weighted by atomic mass is 9.89. The number of rotatable bonds is 2. The van der Waals surface area contributed by atoms with Crippen molar-refractivity contribution in [2.24, 2.45) is 21.7 Å². The Morgan fingerprint density at radius 1 is 1.60 bits per heavy atom. The molecule has 7 nitrogen and oxygen atoms in total. The van der Waals surface area contributed by atoms with Crippen LogP contribution in [0.3, 0.4) is 0 Å². The van der Waals surface area contributed by atoms with Crippen molar-refractivity contribution < 1.29 is 14.5 Å². The van der Waals surface area contributed by atoms with Crippen LogP contribution in [0.25, 0.3) is 0 Å². The van der Waals surface area contributed by atoms with Gasteiger partial charge in [0.05, 0.1) is 12.4 Å². The zero-order chi connectivity index (χ0) is 14.3. The lowest BCUT2D eigenvalue weighted by molar-refractivity contribution is -0.746. The SMILES string of the molecule is N[N+]12C=CN=CC1=C([C@@H]1CCN[C@@H](C(=O)O)C1)N=C2Br. The number of amidine groups is 1. The maximum absolute atomic E-state index is 11.1. The van der Waals surface area contributed by atoms with Crippen LogP contribution in [0.1, 0.15) is 12.8 Å². The molecule has 20 heavy (non-hydrogen) atoms. The van der Waals surface area contributed by atoms with Crippen molar-refractivity contribution in [3.05, 3.63) is 23.8 Å². The molecule has 0 aromatic heterocycles. The van der Waals surface area contributed by atoms with E-state index in [1.54, 1.807) is 18.6 Å². The molecule has 0 spiro atoms. The van der Waals surface area contributed by atoms with E-state index in [4.69, 9.17) is 10.9 Å². The molecule has 1 unspecified atom stereocenters. The summed E-state index contributed by atoms with van der Waals surface area (Å²) in [5.41, 5.74) is 1.63. The Hall–Kier alpha value is -1.35. The molecule has 1 saturated heterocycles. The number of aliphatic carboxylic acids is 1. The van der Waals surface area contributed by atoms with Gasteiger partial charge in [0, 0.05) is 21.8 Å². The van der Waals surface area contributed by atoms with E-state index in [1.165, 1.54) is 0 Å². The molecule has 3 rings (SSSR count). The smallest absolute Gasteiger partial charge is 0.320 e. The van der Waals surface area contributed by atoms with Gasteiger partial charge in [-0.25, -0.2) is 0 Å². The van der Waals surface area contributed by atoms with Crippen LogP contribution in [-0.4, -0.2) is 39.2 Å². The number of aliphatic imine (C=N–C) groups is 2. The fourth-order valence-corrected chi connectivity index (χ4v) is 3.24. The van der Waals surface area contributed by atoms with Crippen molar-refractivity contribution in [3.63, 3.8) is 0 Å². The maximum Gasteiger partial charge on any atom is 0.320 e. The number of carbonyl (C=O) groups is 1. The second kappa shape index (κ2) is 4.88. The van der Waals surface area contributed by atoms with Crippen molar-refractivity contribution in [2.75, 3.05) is 6.54 Å². The van der Waals surface area contributed by atoms with Crippen LogP contribution >= 0.6 is 15.9 Å². The van der Waals surface area contributed by atoms with Crippen LogP contribution in [-0.2, 0) is 4.79 Å². The Bertz CT molecular complexity index is 582. The number of nitrogens with two attached hydrogens (primary N) is 1. The van der Waals surface area contributed by atoms with Crippen LogP contribution in [0.4, 0.5) is 0 Å². The summed E-state index contributed by atoms with van der Waals surface area (Å²) in [7, 11) is 0. The lowest BCUT2D eigenvalue weighted by Crippen LogP contribution is -2.50. The zero-order valence-corrected chi connectivity index (χ0v) is 12.2. The van der Waals surface area contributed by atoms with Crippen molar-refractivity contribution in [3.8, 4) is 0 Å². The van der Waals surface area contributed by atoms with E-state index in [2.05, 4.69) is 31.2 Å². The summed E-state index contributed by atoms with van der Waals surface area (Å²) in [5, 5.41) is 12.1. The number of nitrogens with one attached hydrogen (secondary N) is 1. The van der Waals surface area contributed by atoms with Gasteiger partial charge in [-0.05, 0) is 19.4 Å². The first-order valence-electron chi connectivity index (χ1n) is 6.36. The summed E-state index contributed by atoms with van der Waals surface area (Å²) in [6.45, 7) is 0.656. The fourth-order valence-electron chi connectivity index (χ4n) is 2.74. The first kappa shape index (κ1) is 13.6. The van der Waals surface area contributed by atoms with Crippen molar-refractivity contribution in [1.82, 2.24) is 5.32 Å². The maximum atomic E-state index is 11.1. The third-order valence-corrected chi connectivity index (χ3v) is 4.62. The number of halogens is 1. The number of carboxylic acid groups (broad SMARTS) is 1. The van der Waals surface area contributed by atoms with Crippen molar-refractivity contribution in [1.29, 1.82) is 0 Å². The minimum Gasteiger partial charge on any atom is -0.480 e. The average molecular weight is 341 g/mol. The van der Waals surface area contributed by atoms with Gasteiger partial charge in [-0.2, -0.15) is 10.8 Å².